The van der Waals surface area contributed by atoms with E-state index in [-0.39, 0.29) is 5.75 Å². The molecule has 0 aliphatic heterocycles. The van der Waals surface area contributed by atoms with Crippen molar-refractivity contribution < 1.29 is 5.11 Å². The molecule has 0 aromatic heterocycles. The van der Waals surface area contributed by atoms with E-state index < -0.39 is 0 Å². The van der Waals surface area contributed by atoms with E-state index >= 15 is 0 Å². The Morgan fingerprint density at radius 3 is 2.69 bits per heavy atom. The molecule has 0 unspecified atom stereocenters. The standard InChI is InChI=1S/C13H17NOS/c1-4-9(2)13(16-3)10-5-6-11(8-14)12(15)7-10/h4-7,15H,1,8,14H2,2-3H3. The van der Waals surface area contributed by atoms with Crippen LogP contribution in [-0.4, -0.2) is 11.4 Å². The summed E-state index contributed by atoms with van der Waals surface area (Å²) < 4.78 is 0. The van der Waals surface area contributed by atoms with Crippen LogP contribution in [0.3, 0.4) is 0 Å². The maximum atomic E-state index is 9.75. The molecule has 1 aromatic carbocycles. The van der Waals surface area contributed by atoms with Gasteiger partial charge in [0.1, 0.15) is 5.75 Å². The van der Waals surface area contributed by atoms with Crippen molar-refractivity contribution >= 4 is 16.7 Å². The Balaban J connectivity index is 3.23. The summed E-state index contributed by atoms with van der Waals surface area (Å²) in [6.07, 6.45) is 3.83. The van der Waals surface area contributed by atoms with Crippen LogP contribution in [0.5, 0.6) is 5.75 Å². The number of phenolic OH excluding ortho intramolecular Hbond substituents is 1. The fourth-order valence-electron chi connectivity index (χ4n) is 1.48. The van der Waals surface area contributed by atoms with Crippen molar-refractivity contribution in [1.29, 1.82) is 0 Å². The summed E-state index contributed by atoms with van der Waals surface area (Å²) in [5.74, 6) is 0.253. The summed E-state index contributed by atoms with van der Waals surface area (Å²) in [5.41, 5.74) is 8.37. The third-order valence-corrected chi connectivity index (χ3v) is 3.40. The predicted molar refractivity (Wildman–Crippen MR) is 72.3 cm³/mol. The predicted octanol–water partition coefficient (Wildman–Crippen LogP) is 3.13. The molecule has 0 spiro atoms. The number of phenols is 1. The molecular weight excluding hydrogens is 218 g/mol. The molecule has 16 heavy (non-hydrogen) atoms. The van der Waals surface area contributed by atoms with Crippen LogP contribution < -0.4 is 5.73 Å². The fraction of sp³-hybridized carbons (Fsp3) is 0.231. The second kappa shape index (κ2) is 5.77. The largest absolute Gasteiger partial charge is 0.508 e. The summed E-state index contributed by atoms with van der Waals surface area (Å²) >= 11 is 1.64. The first-order valence-electron chi connectivity index (χ1n) is 5.03. The molecule has 0 amide bonds. The minimum atomic E-state index is 0.253. The number of aromatic hydroxyl groups is 1. The first-order chi connectivity index (χ1) is 7.63. The fourth-order valence-corrected chi connectivity index (χ4v) is 2.24. The Morgan fingerprint density at radius 1 is 1.56 bits per heavy atom. The maximum Gasteiger partial charge on any atom is 0.120 e. The molecular formula is C13H17NOS. The molecule has 1 rings (SSSR count). The lowest BCUT2D eigenvalue weighted by Crippen LogP contribution is -1.97. The van der Waals surface area contributed by atoms with Gasteiger partial charge in [-0.2, -0.15) is 0 Å². The highest BCUT2D eigenvalue weighted by molar-refractivity contribution is 8.07. The monoisotopic (exact) mass is 235 g/mol. The van der Waals surface area contributed by atoms with Crippen molar-refractivity contribution in [2.45, 2.75) is 13.5 Å². The molecule has 0 heterocycles. The van der Waals surface area contributed by atoms with Crippen molar-refractivity contribution in [2.75, 3.05) is 6.26 Å². The first-order valence-corrected chi connectivity index (χ1v) is 6.26. The molecule has 0 atom stereocenters. The van der Waals surface area contributed by atoms with Crippen LogP contribution in [0, 0.1) is 0 Å². The molecule has 0 aliphatic carbocycles. The van der Waals surface area contributed by atoms with E-state index in [1.54, 1.807) is 17.8 Å². The lowest BCUT2D eigenvalue weighted by Gasteiger charge is -2.09. The normalized spacial score (nSPS) is 12.2. The van der Waals surface area contributed by atoms with Crippen LogP contribution in [0.1, 0.15) is 18.1 Å². The quantitative estimate of drug-likeness (QED) is 0.788. The molecule has 3 heteroatoms. The Hall–Kier alpha value is -1.19. The van der Waals surface area contributed by atoms with Crippen molar-refractivity contribution in [3.8, 4) is 5.75 Å². The third-order valence-electron chi connectivity index (χ3n) is 2.44. The number of hydrogen-bond donors (Lipinski definition) is 2. The van der Waals surface area contributed by atoms with Gasteiger partial charge in [-0.15, -0.1) is 11.8 Å². The highest BCUT2D eigenvalue weighted by Gasteiger charge is 2.06. The van der Waals surface area contributed by atoms with Gasteiger partial charge in [-0.3, -0.25) is 0 Å². The van der Waals surface area contributed by atoms with Crippen molar-refractivity contribution in [2.24, 2.45) is 5.73 Å². The van der Waals surface area contributed by atoms with Crippen LogP contribution >= 0.6 is 11.8 Å². The van der Waals surface area contributed by atoms with Gasteiger partial charge in [-0.25, -0.2) is 0 Å². The molecule has 0 radical (unpaired) electrons. The highest BCUT2D eigenvalue weighted by atomic mass is 32.2. The maximum absolute atomic E-state index is 9.75. The SMILES string of the molecule is C=CC(C)=C(SC)c1ccc(CN)c(O)c1. The van der Waals surface area contributed by atoms with Crippen LogP contribution in [0.25, 0.3) is 4.91 Å². The van der Waals surface area contributed by atoms with E-state index in [9.17, 15) is 5.11 Å². The molecule has 0 aliphatic rings. The lowest BCUT2D eigenvalue weighted by atomic mass is 10.1. The van der Waals surface area contributed by atoms with Crippen LogP contribution in [-0.2, 0) is 6.54 Å². The average Bonchev–Trinajstić information content (AvgIpc) is 2.30. The molecule has 86 valence electrons. The Morgan fingerprint density at radius 2 is 2.25 bits per heavy atom. The Bertz CT molecular complexity index is 424. The molecule has 0 bridgehead atoms. The summed E-state index contributed by atoms with van der Waals surface area (Å²) in [5, 5.41) is 9.75. The van der Waals surface area contributed by atoms with Gasteiger partial charge in [0, 0.05) is 17.0 Å². The van der Waals surface area contributed by atoms with Crippen LogP contribution in [0.15, 0.2) is 36.4 Å². The number of hydrogen-bond acceptors (Lipinski definition) is 3. The van der Waals surface area contributed by atoms with E-state index in [0.717, 1.165) is 21.6 Å². The van der Waals surface area contributed by atoms with E-state index in [0.29, 0.717) is 6.54 Å². The van der Waals surface area contributed by atoms with Gasteiger partial charge in [0.05, 0.1) is 0 Å². The second-order valence-electron chi connectivity index (χ2n) is 3.47. The van der Waals surface area contributed by atoms with Gasteiger partial charge in [-0.1, -0.05) is 24.8 Å². The van der Waals surface area contributed by atoms with E-state index in [4.69, 9.17) is 5.73 Å². The summed E-state index contributed by atoms with van der Waals surface area (Å²) in [7, 11) is 0. The molecule has 3 N–H and O–H groups in total. The zero-order valence-electron chi connectivity index (χ0n) is 9.66. The van der Waals surface area contributed by atoms with Gasteiger partial charge in [0.2, 0.25) is 0 Å². The average molecular weight is 235 g/mol. The van der Waals surface area contributed by atoms with Gasteiger partial charge >= 0.3 is 0 Å². The van der Waals surface area contributed by atoms with Gasteiger partial charge in [0.25, 0.3) is 0 Å². The van der Waals surface area contributed by atoms with Gasteiger partial charge < -0.3 is 10.8 Å². The molecule has 0 saturated heterocycles. The smallest absolute Gasteiger partial charge is 0.120 e. The number of thioether (sulfide) groups is 1. The lowest BCUT2D eigenvalue weighted by molar-refractivity contribution is 0.468. The van der Waals surface area contributed by atoms with E-state index in [1.807, 2.05) is 31.4 Å². The Labute approximate surface area is 101 Å². The summed E-state index contributed by atoms with van der Waals surface area (Å²) in [6, 6.07) is 5.58. The number of benzene rings is 1. The topological polar surface area (TPSA) is 46.2 Å². The highest BCUT2D eigenvalue weighted by Crippen LogP contribution is 2.32. The molecule has 1 aromatic rings. The molecule has 2 nitrogen and oxygen atoms in total. The number of nitrogens with two attached hydrogens (primary N) is 1. The second-order valence-corrected chi connectivity index (χ2v) is 4.28. The van der Waals surface area contributed by atoms with Crippen LogP contribution in [0.4, 0.5) is 0 Å². The zero-order valence-corrected chi connectivity index (χ0v) is 10.5. The van der Waals surface area contributed by atoms with Crippen molar-refractivity contribution in [3.63, 3.8) is 0 Å². The van der Waals surface area contributed by atoms with Crippen molar-refractivity contribution in [3.05, 3.63) is 47.6 Å². The molecule has 0 fully saturated rings. The zero-order chi connectivity index (χ0) is 12.1. The minimum Gasteiger partial charge on any atom is -0.508 e. The van der Waals surface area contributed by atoms with Gasteiger partial charge in [0.15, 0.2) is 0 Å². The van der Waals surface area contributed by atoms with Gasteiger partial charge in [-0.05, 0) is 30.4 Å². The summed E-state index contributed by atoms with van der Waals surface area (Å²) in [4.78, 5) is 1.12. The van der Waals surface area contributed by atoms with E-state index in [2.05, 4.69) is 6.58 Å². The van der Waals surface area contributed by atoms with E-state index in [1.165, 1.54) is 0 Å². The van der Waals surface area contributed by atoms with Crippen LogP contribution in [0.2, 0.25) is 0 Å². The first kappa shape index (κ1) is 12.9. The summed E-state index contributed by atoms with van der Waals surface area (Å²) in [6.45, 7) is 6.12. The molecule has 0 saturated carbocycles. The number of allylic oxidation sites excluding steroid dienone is 2. The Kier molecular flexibility index (Phi) is 4.65. The minimum absolute atomic E-state index is 0.253. The third kappa shape index (κ3) is 2.68. The number of rotatable bonds is 4. The van der Waals surface area contributed by atoms with Crippen molar-refractivity contribution in [1.82, 2.24) is 0 Å².